The third kappa shape index (κ3) is 3.41. The molecule has 0 aliphatic carbocycles. The smallest absolute Gasteiger partial charge is 0.254 e. The van der Waals surface area contributed by atoms with Gasteiger partial charge in [0.15, 0.2) is 0 Å². The summed E-state index contributed by atoms with van der Waals surface area (Å²) >= 11 is 0. The monoisotopic (exact) mass is 368 g/mol. The number of carbonyl (C=O) groups is 2. The molecule has 0 radical (unpaired) electrons. The van der Waals surface area contributed by atoms with Crippen LogP contribution in [0.5, 0.6) is 5.75 Å². The number of carbonyl (C=O) groups excluding carboxylic acids is 2. The zero-order valence-electron chi connectivity index (χ0n) is 15.5. The predicted molar refractivity (Wildman–Crippen MR) is 99.3 cm³/mol. The molecule has 1 N–H and O–H groups in total. The molecule has 1 fully saturated rings. The molecule has 2 amide bonds. The summed E-state index contributed by atoms with van der Waals surface area (Å²) in [4.78, 5) is 33.6. The van der Waals surface area contributed by atoms with Crippen LogP contribution in [0.1, 0.15) is 47.7 Å². The summed E-state index contributed by atoms with van der Waals surface area (Å²) in [6.45, 7) is 4.85. The van der Waals surface area contributed by atoms with E-state index < -0.39 is 0 Å². The van der Waals surface area contributed by atoms with Crippen LogP contribution in [0.25, 0.3) is 0 Å². The Labute approximate surface area is 158 Å². The van der Waals surface area contributed by atoms with Gasteiger partial charge >= 0.3 is 0 Å². The Morgan fingerprint density at radius 3 is 2.70 bits per heavy atom. The zero-order chi connectivity index (χ0) is 19.0. The van der Waals surface area contributed by atoms with Crippen molar-refractivity contribution >= 4 is 11.8 Å². The number of hydrogen-bond acceptors (Lipinski definition) is 4. The highest BCUT2D eigenvalue weighted by Crippen LogP contribution is 2.27. The van der Waals surface area contributed by atoms with Crippen molar-refractivity contribution in [2.75, 3.05) is 19.6 Å². The van der Waals surface area contributed by atoms with E-state index in [-0.39, 0.29) is 23.6 Å². The maximum absolute atomic E-state index is 12.8. The molecule has 142 valence electrons. The number of phenolic OH excluding ortho intramolecular Hbond substituents is 1. The van der Waals surface area contributed by atoms with Gasteiger partial charge in [-0.25, -0.2) is 4.98 Å². The molecule has 2 aliphatic rings. The highest BCUT2D eigenvalue weighted by Gasteiger charge is 2.31. The largest absolute Gasteiger partial charge is 0.508 e. The third-order valence-electron chi connectivity index (χ3n) is 5.43. The van der Waals surface area contributed by atoms with Gasteiger partial charge in [-0.15, -0.1) is 0 Å². The molecule has 0 spiro atoms. The number of rotatable bonds is 3. The van der Waals surface area contributed by atoms with Crippen LogP contribution in [0.3, 0.4) is 0 Å². The molecule has 1 atom stereocenters. The number of fused-ring (bicyclic) bond motifs is 1. The normalized spacial score (nSPS) is 19.2. The van der Waals surface area contributed by atoms with E-state index in [1.807, 2.05) is 22.6 Å². The average Bonchev–Trinajstić information content (AvgIpc) is 3.31. The minimum absolute atomic E-state index is 0.0784. The first-order valence-corrected chi connectivity index (χ1v) is 9.46. The molecule has 3 heterocycles. The second-order valence-corrected chi connectivity index (χ2v) is 7.27. The van der Waals surface area contributed by atoms with E-state index >= 15 is 0 Å². The Bertz CT molecular complexity index is 870. The van der Waals surface area contributed by atoms with Gasteiger partial charge in [0.1, 0.15) is 11.6 Å². The van der Waals surface area contributed by atoms with Crippen LogP contribution in [-0.4, -0.2) is 55.9 Å². The van der Waals surface area contributed by atoms with E-state index in [0.29, 0.717) is 25.1 Å². The second-order valence-electron chi connectivity index (χ2n) is 7.27. The van der Waals surface area contributed by atoms with Gasteiger partial charge in [0, 0.05) is 37.9 Å². The lowest BCUT2D eigenvalue weighted by molar-refractivity contribution is -0.129. The molecular formula is C20H24N4O3. The van der Waals surface area contributed by atoms with Crippen molar-refractivity contribution in [2.24, 2.45) is 0 Å². The second kappa shape index (κ2) is 7.06. The van der Waals surface area contributed by atoms with Crippen molar-refractivity contribution in [2.45, 2.75) is 38.8 Å². The summed E-state index contributed by atoms with van der Waals surface area (Å²) in [5.41, 5.74) is 1.23. The van der Waals surface area contributed by atoms with Gasteiger partial charge in [-0.05, 0) is 38.0 Å². The van der Waals surface area contributed by atoms with Crippen molar-refractivity contribution in [3.8, 4) is 5.75 Å². The molecule has 7 heteroatoms. The Kier molecular flexibility index (Phi) is 4.59. The summed E-state index contributed by atoms with van der Waals surface area (Å²) < 4.78 is 2.05. The standard InChI is InChI=1S/C20H24N4O3/c1-14-19-21-16(12-18(26)22-7-2-3-8-22)13-23(19)9-10-24(14)20(27)15-5-4-6-17(25)11-15/h4-6,11,13-14,25H,2-3,7-10,12H2,1H3. The number of hydrogen-bond donors (Lipinski definition) is 1. The number of imidazole rings is 1. The van der Waals surface area contributed by atoms with Gasteiger partial charge in [-0.2, -0.15) is 0 Å². The van der Waals surface area contributed by atoms with E-state index in [9.17, 15) is 14.7 Å². The van der Waals surface area contributed by atoms with Crippen LogP contribution in [0.4, 0.5) is 0 Å². The lowest BCUT2D eigenvalue weighted by Crippen LogP contribution is -2.41. The highest BCUT2D eigenvalue weighted by atomic mass is 16.3. The fraction of sp³-hybridized carbons (Fsp3) is 0.450. The fourth-order valence-electron chi connectivity index (χ4n) is 3.95. The fourth-order valence-corrected chi connectivity index (χ4v) is 3.95. The van der Waals surface area contributed by atoms with Gasteiger partial charge in [-0.3, -0.25) is 9.59 Å². The van der Waals surface area contributed by atoms with Gasteiger partial charge < -0.3 is 19.5 Å². The number of benzene rings is 1. The molecule has 0 bridgehead atoms. The van der Waals surface area contributed by atoms with Gasteiger partial charge in [-0.1, -0.05) is 6.07 Å². The Balaban J connectivity index is 1.50. The van der Waals surface area contributed by atoms with Crippen LogP contribution in [-0.2, 0) is 17.8 Å². The zero-order valence-corrected chi connectivity index (χ0v) is 15.5. The number of aromatic hydroxyl groups is 1. The molecule has 7 nitrogen and oxygen atoms in total. The molecule has 1 saturated heterocycles. The van der Waals surface area contributed by atoms with E-state index in [4.69, 9.17) is 0 Å². The van der Waals surface area contributed by atoms with Crippen molar-refractivity contribution < 1.29 is 14.7 Å². The van der Waals surface area contributed by atoms with Gasteiger partial charge in [0.05, 0.1) is 18.2 Å². The van der Waals surface area contributed by atoms with Crippen LogP contribution in [0.15, 0.2) is 30.5 Å². The Morgan fingerprint density at radius 1 is 1.19 bits per heavy atom. The van der Waals surface area contributed by atoms with Crippen molar-refractivity contribution in [3.05, 3.63) is 47.5 Å². The molecule has 0 saturated carbocycles. The lowest BCUT2D eigenvalue weighted by Gasteiger charge is -2.33. The molecule has 1 aromatic carbocycles. The number of amides is 2. The van der Waals surface area contributed by atoms with Crippen LogP contribution in [0.2, 0.25) is 0 Å². The van der Waals surface area contributed by atoms with Crippen molar-refractivity contribution in [1.29, 1.82) is 0 Å². The first-order chi connectivity index (χ1) is 13.0. The first kappa shape index (κ1) is 17.6. The van der Waals surface area contributed by atoms with E-state index in [0.717, 1.165) is 37.4 Å². The minimum Gasteiger partial charge on any atom is -0.508 e. The Hall–Kier alpha value is -2.83. The minimum atomic E-state index is -0.191. The summed E-state index contributed by atoms with van der Waals surface area (Å²) in [6, 6.07) is 6.21. The molecule has 1 unspecified atom stereocenters. The van der Waals surface area contributed by atoms with E-state index in [1.165, 1.54) is 6.07 Å². The maximum Gasteiger partial charge on any atom is 0.254 e. The third-order valence-corrected chi connectivity index (χ3v) is 5.43. The summed E-state index contributed by atoms with van der Waals surface area (Å²) in [5.74, 6) is 0.888. The molecule has 1 aromatic heterocycles. The summed E-state index contributed by atoms with van der Waals surface area (Å²) in [6.07, 6.45) is 4.41. The van der Waals surface area contributed by atoms with Gasteiger partial charge in [0.2, 0.25) is 5.91 Å². The molecule has 4 rings (SSSR count). The first-order valence-electron chi connectivity index (χ1n) is 9.46. The van der Waals surface area contributed by atoms with Crippen molar-refractivity contribution in [3.63, 3.8) is 0 Å². The average molecular weight is 368 g/mol. The lowest BCUT2D eigenvalue weighted by atomic mass is 10.1. The van der Waals surface area contributed by atoms with E-state index in [2.05, 4.69) is 4.98 Å². The highest BCUT2D eigenvalue weighted by molar-refractivity contribution is 5.94. The van der Waals surface area contributed by atoms with Gasteiger partial charge in [0.25, 0.3) is 5.91 Å². The molecule has 27 heavy (non-hydrogen) atoms. The SMILES string of the molecule is CC1c2nc(CC(=O)N3CCCC3)cn2CCN1C(=O)c1cccc(O)c1. The molecule has 2 aromatic rings. The Morgan fingerprint density at radius 2 is 1.96 bits per heavy atom. The summed E-state index contributed by atoms with van der Waals surface area (Å²) in [7, 11) is 0. The number of phenols is 1. The maximum atomic E-state index is 12.8. The van der Waals surface area contributed by atoms with E-state index in [1.54, 1.807) is 23.1 Å². The predicted octanol–water partition coefficient (Wildman–Crippen LogP) is 1.97. The molecular weight excluding hydrogens is 344 g/mol. The molecule has 2 aliphatic heterocycles. The van der Waals surface area contributed by atoms with Crippen LogP contribution < -0.4 is 0 Å². The topological polar surface area (TPSA) is 78.7 Å². The number of likely N-dealkylation sites (tertiary alicyclic amines) is 1. The number of nitrogens with zero attached hydrogens (tertiary/aromatic N) is 4. The number of aromatic nitrogens is 2. The van der Waals surface area contributed by atoms with Crippen LogP contribution >= 0.6 is 0 Å². The quantitative estimate of drug-likeness (QED) is 0.898. The van der Waals surface area contributed by atoms with Crippen molar-refractivity contribution in [1.82, 2.24) is 19.4 Å². The van der Waals surface area contributed by atoms with Crippen LogP contribution in [0, 0.1) is 0 Å². The summed E-state index contributed by atoms with van der Waals surface area (Å²) in [5, 5.41) is 9.64.